The van der Waals surface area contributed by atoms with Gasteiger partial charge in [0.25, 0.3) is 0 Å². The van der Waals surface area contributed by atoms with Crippen LogP contribution in [0.1, 0.15) is 0 Å². The van der Waals surface area contributed by atoms with Crippen LogP contribution in [-0.4, -0.2) is 15.2 Å². The van der Waals surface area contributed by atoms with Crippen molar-refractivity contribution in [3.05, 3.63) is 22.0 Å². The van der Waals surface area contributed by atoms with Gasteiger partial charge in [0.1, 0.15) is 9.76 Å². The summed E-state index contributed by atoms with van der Waals surface area (Å²) in [7, 11) is 0. The highest BCUT2D eigenvalue weighted by Gasteiger charge is 2.02. The number of hydrogen-bond acceptors (Lipinski definition) is 2. The first kappa shape index (κ1) is 7.06. The van der Waals surface area contributed by atoms with Crippen LogP contribution in [0.15, 0.2) is 16.9 Å². The van der Waals surface area contributed by atoms with Gasteiger partial charge in [-0.1, -0.05) is 11.6 Å². The number of H-pyrrole nitrogens is 1. The third-order valence-corrected chi connectivity index (χ3v) is 2.12. The van der Waals surface area contributed by atoms with E-state index in [0.717, 1.165) is 10.9 Å². The topological polar surface area (TPSA) is 41.6 Å². The minimum atomic E-state index is 0.464. The fraction of sp³-hybridized carbons (Fsp3) is 0. The predicted molar refractivity (Wildman–Crippen MR) is 46.6 cm³/mol. The van der Waals surface area contributed by atoms with Crippen molar-refractivity contribution < 1.29 is 0 Å². The summed E-state index contributed by atoms with van der Waals surface area (Å²) in [5.74, 6) is 0. The Hall–Kier alpha value is -0.610. The molecule has 5 heteroatoms. The summed E-state index contributed by atoms with van der Waals surface area (Å²) in [6.07, 6.45) is 1.70. The second-order valence-corrected chi connectivity index (χ2v) is 3.21. The molecule has 2 heterocycles. The quantitative estimate of drug-likeness (QED) is 0.709. The van der Waals surface area contributed by atoms with Crippen LogP contribution in [0.3, 0.4) is 0 Å². The monoisotopic (exact) mass is 231 g/mol. The zero-order valence-electron chi connectivity index (χ0n) is 5.31. The maximum Gasteiger partial charge on any atom is 0.133 e. The van der Waals surface area contributed by atoms with Gasteiger partial charge >= 0.3 is 0 Å². The molecule has 0 atom stereocenters. The van der Waals surface area contributed by atoms with Gasteiger partial charge in [-0.05, 0) is 22.0 Å². The number of aromatic amines is 1. The lowest BCUT2D eigenvalue weighted by Gasteiger charge is -1.92. The minimum Gasteiger partial charge on any atom is -0.275 e. The van der Waals surface area contributed by atoms with Gasteiger partial charge in [0.15, 0.2) is 0 Å². The number of rotatable bonds is 0. The summed E-state index contributed by atoms with van der Waals surface area (Å²) in [5.41, 5.74) is 0.870. The molecule has 1 N–H and O–H groups in total. The van der Waals surface area contributed by atoms with Gasteiger partial charge in [0.05, 0.1) is 11.7 Å². The van der Waals surface area contributed by atoms with Crippen LogP contribution < -0.4 is 0 Å². The number of nitrogens with one attached hydrogen (secondary N) is 1. The third-order valence-electron chi connectivity index (χ3n) is 1.35. The van der Waals surface area contributed by atoms with E-state index in [0.29, 0.717) is 9.76 Å². The second kappa shape index (κ2) is 2.46. The minimum absolute atomic E-state index is 0.464. The number of hydrogen-bond donors (Lipinski definition) is 1. The van der Waals surface area contributed by atoms with Crippen LogP contribution in [0, 0.1) is 0 Å². The van der Waals surface area contributed by atoms with E-state index >= 15 is 0 Å². The molecule has 0 spiro atoms. The molecule has 11 heavy (non-hydrogen) atoms. The molecule has 0 fully saturated rings. The Morgan fingerprint density at radius 2 is 2.36 bits per heavy atom. The summed E-state index contributed by atoms with van der Waals surface area (Å²) >= 11 is 8.96. The van der Waals surface area contributed by atoms with Gasteiger partial charge in [-0.3, -0.25) is 5.10 Å². The molecule has 0 unspecified atom stereocenters. The first-order chi connectivity index (χ1) is 5.27. The summed E-state index contributed by atoms with van der Waals surface area (Å²) in [6.45, 7) is 0. The molecule has 0 aromatic carbocycles. The predicted octanol–water partition coefficient (Wildman–Crippen LogP) is 2.37. The molecule has 0 radical (unpaired) electrons. The maximum absolute atomic E-state index is 5.70. The van der Waals surface area contributed by atoms with Crippen LogP contribution in [0.4, 0.5) is 0 Å². The zero-order chi connectivity index (χ0) is 7.84. The van der Waals surface area contributed by atoms with Crippen molar-refractivity contribution in [1.82, 2.24) is 15.2 Å². The van der Waals surface area contributed by atoms with E-state index in [1.807, 2.05) is 0 Å². The third kappa shape index (κ3) is 1.12. The highest BCUT2D eigenvalue weighted by molar-refractivity contribution is 9.10. The molecule has 0 aliphatic heterocycles. The van der Waals surface area contributed by atoms with E-state index in [-0.39, 0.29) is 0 Å². The first-order valence-electron chi connectivity index (χ1n) is 2.92. The molecule has 0 bridgehead atoms. The Bertz CT molecular complexity index is 398. The number of fused-ring (bicyclic) bond motifs is 1. The van der Waals surface area contributed by atoms with Crippen molar-refractivity contribution in [2.24, 2.45) is 0 Å². The molecule has 0 saturated carbocycles. The molecule has 0 aliphatic rings. The fourth-order valence-corrected chi connectivity index (χ4v) is 1.69. The largest absolute Gasteiger partial charge is 0.275 e. The van der Waals surface area contributed by atoms with Crippen molar-refractivity contribution in [3.63, 3.8) is 0 Å². The molecule has 56 valence electrons. The van der Waals surface area contributed by atoms with E-state index in [1.165, 1.54) is 0 Å². The van der Waals surface area contributed by atoms with Crippen LogP contribution in [0.25, 0.3) is 10.9 Å². The molecule has 2 aromatic heterocycles. The van der Waals surface area contributed by atoms with Crippen LogP contribution in [0.5, 0.6) is 0 Å². The van der Waals surface area contributed by atoms with Crippen molar-refractivity contribution in [2.45, 2.75) is 0 Å². The SMILES string of the molecule is Clc1cc2cn[nH]c2c(Br)n1. The molecule has 0 amide bonds. The van der Waals surface area contributed by atoms with Gasteiger partial charge in [0.2, 0.25) is 0 Å². The molecule has 2 aromatic rings. The summed E-state index contributed by atoms with van der Waals surface area (Å²) in [4.78, 5) is 3.98. The van der Waals surface area contributed by atoms with E-state index in [9.17, 15) is 0 Å². The second-order valence-electron chi connectivity index (χ2n) is 2.07. The molecule has 0 aliphatic carbocycles. The summed E-state index contributed by atoms with van der Waals surface area (Å²) in [5, 5.41) is 8.07. The Labute approximate surface area is 75.9 Å². The number of halogens is 2. The maximum atomic E-state index is 5.70. The Balaban J connectivity index is 2.91. The van der Waals surface area contributed by atoms with Crippen molar-refractivity contribution >= 4 is 38.4 Å². The summed E-state index contributed by atoms with van der Waals surface area (Å²) < 4.78 is 0.692. The van der Waals surface area contributed by atoms with Crippen LogP contribution in [-0.2, 0) is 0 Å². The molecule has 0 saturated heterocycles. The van der Waals surface area contributed by atoms with Gasteiger partial charge in [0, 0.05) is 5.39 Å². The van der Waals surface area contributed by atoms with Gasteiger partial charge in [-0.15, -0.1) is 0 Å². The Morgan fingerprint density at radius 3 is 3.18 bits per heavy atom. The lowest BCUT2D eigenvalue weighted by molar-refractivity contribution is 1.11. The highest BCUT2D eigenvalue weighted by atomic mass is 79.9. The normalized spacial score (nSPS) is 10.7. The molecule has 3 nitrogen and oxygen atoms in total. The van der Waals surface area contributed by atoms with E-state index in [1.54, 1.807) is 12.3 Å². The van der Waals surface area contributed by atoms with Crippen LogP contribution >= 0.6 is 27.5 Å². The molecule has 2 rings (SSSR count). The first-order valence-corrected chi connectivity index (χ1v) is 4.09. The molecular formula is C6H3BrClN3. The van der Waals surface area contributed by atoms with Gasteiger partial charge in [-0.25, -0.2) is 4.98 Å². The van der Waals surface area contributed by atoms with Crippen LogP contribution in [0.2, 0.25) is 5.15 Å². The van der Waals surface area contributed by atoms with Gasteiger partial charge in [-0.2, -0.15) is 5.10 Å². The van der Waals surface area contributed by atoms with Crippen molar-refractivity contribution in [3.8, 4) is 0 Å². The lowest BCUT2D eigenvalue weighted by Crippen LogP contribution is -1.78. The summed E-state index contributed by atoms with van der Waals surface area (Å²) in [6, 6.07) is 1.76. The van der Waals surface area contributed by atoms with E-state index < -0.39 is 0 Å². The fourth-order valence-electron chi connectivity index (χ4n) is 0.880. The number of aromatic nitrogens is 3. The number of pyridine rings is 1. The van der Waals surface area contributed by atoms with E-state index in [4.69, 9.17) is 11.6 Å². The highest BCUT2D eigenvalue weighted by Crippen LogP contribution is 2.22. The van der Waals surface area contributed by atoms with Crippen molar-refractivity contribution in [2.75, 3.05) is 0 Å². The average Bonchev–Trinajstić information content (AvgIpc) is 2.34. The average molecular weight is 232 g/mol. The zero-order valence-corrected chi connectivity index (χ0v) is 7.65. The van der Waals surface area contributed by atoms with Crippen molar-refractivity contribution in [1.29, 1.82) is 0 Å². The number of nitrogens with zero attached hydrogens (tertiary/aromatic N) is 2. The standard InChI is InChI=1S/C6H3BrClN3/c7-6-5-3(2-9-11-5)1-4(8)10-6/h1-2H,(H,9,11). The van der Waals surface area contributed by atoms with E-state index in [2.05, 4.69) is 31.1 Å². The Kier molecular flexibility index (Phi) is 1.58. The van der Waals surface area contributed by atoms with Gasteiger partial charge < -0.3 is 0 Å². The smallest absolute Gasteiger partial charge is 0.133 e. The molecular weight excluding hydrogens is 229 g/mol. The lowest BCUT2D eigenvalue weighted by atomic mass is 10.3. The Morgan fingerprint density at radius 1 is 1.55 bits per heavy atom.